The SMILES string of the molecule is CCC(CC)=C1C2C=CC1C(c1ccccc1)=CC2=O. The van der Waals surface area contributed by atoms with Gasteiger partial charge in [0.05, 0.1) is 5.92 Å². The van der Waals surface area contributed by atoms with E-state index >= 15 is 0 Å². The zero-order chi connectivity index (χ0) is 14.1. The van der Waals surface area contributed by atoms with Crippen molar-refractivity contribution in [3.8, 4) is 0 Å². The lowest BCUT2D eigenvalue weighted by Gasteiger charge is -2.27. The molecular weight excluding hydrogens is 244 g/mol. The van der Waals surface area contributed by atoms with E-state index in [1.165, 1.54) is 16.7 Å². The molecule has 1 nitrogen and oxygen atoms in total. The number of fused-ring (bicyclic) bond motifs is 2. The highest BCUT2D eigenvalue weighted by molar-refractivity contribution is 6.06. The minimum Gasteiger partial charge on any atom is -0.294 e. The molecule has 0 heterocycles. The molecule has 2 unspecified atom stereocenters. The van der Waals surface area contributed by atoms with Crippen molar-refractivity contribution < 1.29 is 4.79 Å². The first-order valence-corrected chi connectivity index (χ1v) is 7.47. The molecule has 0 aliphatic heterocycles. The quantitative estimate of drug-likeness (QED) is 0.731. The van der Waals surface area contributed by atoms with E-state index in [0.717, 1.165) is 18.4 Å². The van der Waals surface area contributed by atoms with Gasteiger partial charge < -0.3 is 0 Å². The van der Waals surface area contributed by atoms with Crippen LogP contribution in [0.1, 0.15) is 32.3 Å². The molecule has 2 aliphatic rings. The van der Waals surface area contributed by atoms with E-state index in [1.54, 1.807) is 0 Å². The van der Waals surface area contributed by atoms with Crippen molar-refractivity contribution in [3.63, 3.8) is 0 Å². The number of carbonyl (C=O) groups is 1. The summed E-state index contributed by atoms with van der Waals surface area (Å²) in [6, 6.07) is 10.3. The number of carbonyl (C=O) groups excluding carboxylic acids is 1. The van der Waals surface area contributed by atoms with Crippen LogP contribution in [0.25, 0.3) is 5.57 Å². The average molecular weight is 264 g/mol. The Balaban J connectivity index is 2.13. The highest BCUT2D eigenvalue weighted by Crippen LogP contribution is 2.46. The number of allylic oxidation sites excluding steroid dienone is 6. The molecule has 0 radical (unpaired) electrons. The summed E-state index contributed by atoms with van der Waals surface area (Å²) < 4.78 is 0. The van der Waals surface area contributed by atoms with Crippen molar-refractivity contribution in [2.75, 3.05) is 0 Å². The molecule has 1 heteroatoms. The number of hydrogen-bond acceptors (Lipinski definition) is 1. The first kappa shape index (κ1) is 13.1. The van der Waals surface area contributed by atoms with Crippen LogP contribution in [0.5, 0.6) is 0 Å². The van der Waals surface area contributed by atoms with Crippen LogP contribution in [0.2, 0.25) is 0 Å². The van der Waals surface area contributed by atoms with Crippen LogP contribution in [0.15, 0.2) is 59.7 Å². The Morgan fingerprint density at radius 2 is 1.65 bits per heavy atom. The van der Waals surface area contributed by atoms with Gasteiger partial charge in [0, 0.05) is 5.92 Å². The minimum absolute atomic E-state index is 0.00219. The fraction of sp³-hybridized carbons (Fsp3) is 0.316. The van der Waals surface area contributed by atoms with Gasteiger partial charge in [-0.25, -0.2) is 0 Å². The number of rotatable bonds is 3. The van der Waals surface area contributed by atoms with Crippen LogP contribution in [-0.4, -0.2) is 5.78 Å². The van der Waals surface area contributed by atoms with Gasteiger partial charge in [0.1, 0.15) is 0 Å². The highest BCUT2D eigenvalue weighted by atomic mass is 16.1. The summed E-state index contributed by atoms with van der Waals surface area (Å²) in [5.41, 5.74) is 5.12. The summed E-state index contributed by atoms with van der Waals surface area (Å²) in [4.78, 5) is 12.4. The number of hydrogen-bond donors (Lipinski definition) is 0. The summed E-state index contributed by atoms with van der Waals surface area (Å²) in [6.45, 7) is 4.38. The molecule has 2 bridgehead atoms. The molecule has 0 amide bonds. The van der Waals surface area contributed by atoms with Gasteiger partial charge >= 0.3 is 0 Å². The summed E-state index contributed by atoms with van der Waals surface area (Å²) >= 11 is 0. The van der Waals surface area contributed by atoms with Gasteiger partial charge in [-0.05, 0) is 35.6 Å². The zero-order valence-corrected chi connectivity index (χ0v) is 12.1. The van der Waals surface area contributed by atoms with E-state index in [1.807, 2.05) is 24.3 Å². The van der Waals surface area contributed by atoms with Crippen molar-refractivity contribution in [2.24, 2.45) is 11.8 Å². The largest absolute Gasteiger partial charge is 0.294 e. The second kappa shape index (κ2) is 5.24. The predicted molar refractivity (Wildman–Crippen MR) is 83.2 cm³/mol. The smallest absolute Gasteiger partial charge is 0.166 e. The highest BCUT2D eigenvalue weighted by Gasteiger charge is 2.37. The van der Waals surface area contributed by atoms with Crippen LogP contribution >= 0.6 is 0 Å². The van der Waals surface area contributed by atoms with Gasteiger partial charge in [0.25, 0.3) is 0 Å². The van der Waals surface area contributed by atoms with Gasteiger partial charge in [-0.2, -0.15) is 0 Å². The van der Waals surface area contributed by atoms with E-state index in [-0.39, 0.29) is 11.7 Å². The zero-order valence-electron chi connectivity index (χ0n) is 12.1. The lowest BCUT2D eigenvalue weighted by Crippen LogP contribution is -2.21. The van der Waals surface area contributed by atoms with E-state index in [2.05, 4.69) is 38.1 Å². The summed E-state index contributed by atoms with van der Waals surface area (Å²) in [5, 5.41) is 0. The molecule has 0 aromatic heterocycles. The van der Waals surface area contributed by atoms with Gasteiger partial charge in [0.15, 0.2) is 5.78 Å². The van der Waals surface area contributed by atoms with E-state index in [4.69, 9.17) is 0 Å². The van der Waals surface area contributed by atoms with Crippen LogP contribution in [0, 0.1) is 11.8 Å². The monoisotopic (exact) mass is 264 g/mol. The van der Waals surface area contributed by atoms with Crippen LogP contribution in [0.3, 0.4) is 0 Å². The molecule has 2 atom stereocenters. The van der Waals surface area contributed by atoms with Crippen LogP contribution in [-0.2, 0) is 4.79 Å². The van der Waals surface area contributed by atoms with Crippen LogP contribution < -0.4 is 0 Å². The average Bonchev–Trinajstić information content (AvgIpc) is 2.84. The van der Waals surface area contributed by atoms with Gasteiger partial charge in [-0.3, -0.25) is 4.79 Å². The Bertz CT molecular complexity index is 610. The van der Waals surface area contributed by atoms with E-state index < -0.39 is 0 Å². The van der Waals surface area contributed by atoms with E-state index in [0.29, 0.717) is 5.92 Å². The van der Waals surface area contributed by atoms with Gasteiger partial charge in [0.2, 0.25) is 0 Å². The Labute approximate surface area is 120 Å². The Kier molecular flexibility index (Phi) is 3.43. The fourth-order valence-electron chi connectivity index (χ4n) is 3.47. The lowest BCUT2D eigenvalue weighted by atomic mass is 9.76. The third-order valence-electron chi connectivity index (χ3n) is 4.47. The third kappa shape index (κ3) is 1.98. The molecule has 1 aromatic carbocycles. The molecule has 20 heavy (non-hydrogen) atoms. The summed E-state index contributed by atoms with van der Waals surface area (Å²) in [7, 11) is 0. The molecule has 0 fully saturated rings. The van der Waals surface area contributed by atoms with Gasteiger partial charge in [-0.1, -0.05) is 61.9 Å². The topological polar surface area (TPSA) is 17.1 Å². The molecule has 0 spiro atoms. The number of benzene rings is 1. The van der Waals surface area contributed by atoms with Crippen LogP contribution in [0.4, 0.5) is 0 Å². The lowest BCUT2D eigenvalue weighted by molar-refractivity contribution is -0.116. The molecule has 0 saturated heterocycles. The molecular formula is C19H20O. The summed E-state index contributed by atoms with van der Waals surface area (Å²) in [5.74, 6) is 0.542. The summed E-state index contributed by atoms with van der Waals surface area (Å²) in [6.07, 6.45) is 8.25. The second-order valence-corrected chi connectivity index (χ2v) is 5.47. The normalized spacial score (nSPS) is 24.0. The second-order valence-electron chi connectivity index (χ2n) is 5.47. The van der Waals surface area contributed by atoms with Crippen molar-refractivity contribution in [3.05, 3.63) is 65.3 Å². The van der Waals surface area contributed by atoms with E-state index in [9.17, 15) is 4.79 Å². The molecule has 1 aromatic rings. The molecule has 0 saturated carbocycles. The molecule has 0 N–H and O–H groups in total. The maximum Gasteiger partial charge on any atom is 0.166 e. The maximum absolute atomic E-state index is 12.4. The van der Waals surface area contributed by atoms with Crippen molar-refractivity contribution in [1.82, 2.24) is 0 Å². The Morgan fingerprint density at radius 3 is 2.30 bits per heavy atom. The number of ketones is 1. The third-order valence-corrected chi connectivity index (χ3v) is 4.47. The van der Waals surface area contributed by atoms with Gasteiger partial charge in [-0.15, -0.1) is 0 Å². The standard InChI is InChI=1S/C19H20O/c1-3-13(4-2)19-15-10-11-16(19)18(20)12-17(15)14-8-6-5-7-9-14/h5-12,15-16H,3-4H2,1-2H3. The minimum atomic E-state index is 0.00219. The van der Waals surface area contributed by atoms with Crippen molar-refractivity contribution >= 4 is 11.4 Å². The Hall–Kier alpha value is -1.89. The maximum atomic E-state index is 12.4. The molecule has 3 rings (SSSR count). The molecule has 2 aliphatic carbocycles. The van der Waals surface area contributed by atoms with Crippen molar-refractivity contribution in [2.45, 2.75) is 26.7 Å². The molecule has 102 valence electrons. The first-order chi connectivity index (χ1) is 9.76. The first-order valence-electron chi connectivity index (χ1n) is 7.47. The Morgan fingerprint density at radius 1 is 1.00 bits per heavy atom. The predicted octanol–water partition coefficient (Wildman–Crippen LogP) is 4.57. The van der Waals surface area contributed by atoms with Crippen molar-refractivity contribution in [1.29, 1.82) is 0 Å². The fourth-order valence-corrected chi connectivity index (χ4v) is 3.47.